The van der Waals surface area contributed by atoms with E-state index in [9.17, 15) is 0 Å². The lowest BCUT2D eigenvalue weighted by Crippen LogP contribution is -2.16. The smallest absolute Gasteiger partial charge is 0.0365 e. The van der Waals surface area contributed by atoms with Crippen LogP contribution < -0.4 is 0 Å². The minimum absolute atomic E-state index is 0.204. The van der Waals surface area contributed by atoms with E-state index in [0.29, 0.717) is 5.88 Å². The summed E-state index contributed by atoms with van der Waals surface area (Å²) in [6.07, 6.45) is 1.90. The van der Waals surface area contributed by atoms with E-state index in [2.05, 4.69) is 20.4 Å². The maximum Gasteiger partial charge on any atom is 0.0365 e. The van der Waals surface area contributed by atoms with Gasteiger partial charge in [0.2, 0.25) is 0 Å². The molecule has 0 fully saturated rings. The number of hydrogen-bond acceptors (Lipinski definition) is 1. The van der Waals surface area contributed by atoms with Gasteiger partial charge in [-0.3, -0.25) is 0 Å². The summed E-state index contributed by atoms with van der Waals surface area (Å²) in [6.45, 7) is 7.90. The fourth-order valence-corrected chi connectivity index (χ4v) is 1.20. The van der Waals surface area contributed by atoms with Crippen LogP contribution in [-0.4, -0.2) is 16.4 Å². The molecule has 0 nitrogen and oxygen atoms in total. The third-order valence-electron chi connectivity index (χ3n) is 0.914. The van der Waals surface area contributed by atoms with Crippen molar-refractivity contribution < 1.29 is 0 Å². The third-order valence-corrected chi connectivity index (χ3v) is 3.07. The Kier molecular flexibility index (Phi) is 4.41. The van der Waals surface area contributed by atoms with Crippen LogP contribution in [0.25, 0.3) is 0 Å². The van der Waals surface area contributed by atoms with Gasteiger partial charge in [-0.1, -0.05) is 6.08 Å². The van der Waals surface area contributed by atoms with Crippen molar-refractivity contribution in [2.75, 3.05) is 11.6 Å². The molecule has 0 saturated carbocycles. The number of alkyl halides is 1. The third kappa shape index (κ3) is 4.86. The first-order chi connectivity index (χ1) is 4.12. The van der Waals surface area contributed by atoms with Gasteiger partial charge in [-0.15, -0.1) is 18.2 Å². The minimum Gasteiger partial charge on any atom is -0.150 e. The Morgan fingerprint density at radius 2 is 2.22 bits per heavy atom. The lowest BCUT2D eigenvalue weighted by atomic mass is 10.2. The molecule has 0 spiro atoms. The number of rotatable bonds is 4. The average Bonchev–Trinajstić information content (AvgIpc) is 1.84. The zero-order valence-electron chi connectivity index (χ0n) is 5.98. The van der Waals surface area contributed by atoms with E-state index < -0.39 is 0 Å². The molecule has 0 aromatic heterocycles. The molecule has 0 heterocycles. The van der Waals surface area contributed by atoms with E-state index in [0.717, 1.165) is 5.75 Å². The summed E-state index contributed by atoms with van der Waals surface area (Å²) < 4.78 is 0.204. The van der Waals surface area contributed by atoms with Crippen molar-refractivity contribution in [2.24, 2.45) is 0 Å². The Hall–Kier alpha value is 0.380. The highest BCUT2D eigenvalue weighted by Crippen LogP contribution is 2.24. The average molecular weight is 165 g/mol. The van der Waals surface area contributed by atoms with Crippen molar-refractivity contribution in [1.29, 1.82) is 0 Å². The lowest BCUT2D eigenvalue weighted by molar-refractivity contribution is 0.813. The van der Waals surface area contributed by atoms with E-state index in [-0.39, 0.29) is 4.75 Å². The van der Waals surface area contributed by atoms with Gasteiger partial charge in [0.25, 0.3) is 0 Å². The van der Waals surface area contributed by atoms with Crippen LogP contribution in [0.1, 0.15) is 13.8 Å². The van der Waals surface area contributed by atoms with Gasteiger partial charge in [-0.25, -0.2) is 0 Å². The predicted octanol–water partition coefficient (Wildman–Crippen LogP) is 2.92. The maximum absolute atomic E-state index is 5.67. The van der Waals surface area contributed by atoms with Crippen molar-refractivity contribution in [3.8, 4) is 0 Å². The Morgan fingerprint density at radius 1 is 1.67 bits per heavy atom. The van der Waals surface area contributed by atoms with Crippen LogP contribution >= 0.6 is 23.4 Å². The van der Waals surface area contributed by atoms with Gasteiger partial charge in [0, 0.05) is 16.4 Å². The summed E-state index contributed by atoms with van der Waals surface area (Å²) in [7, 11) is 0. The van der Waals surface area contributed by atoms with E-state index in [1.54, 1.807) is 0 Å². The first-order valence-corrected chi connectivity index (χ1v) is 4.45. The molecule has 0 aliphatic rings. The highest BCUT2D eigenvalue weighted by Gasteiger charge is 2.14. The molecule has 0 aliphatic heterocycles. The molecule has 0 atom stereocenters. The van der Waals surface area contributed by atoms with Crippen LogP contribution in [0, 0.1) is 0 Å². The first-order valence-electron chi connectivity index (χ1n) is 2.93. The molecule has 0 aromatic carbocycles. The summed E-state index contributed by atoms with van der Waals surface area (Å²) in [5, 5.41) is 0. The molecule has 9 heavy (non-hydrogen) atoms. The van der Waals surface area contributed by atoms with Crippen molar-refractivity contribution in [2.45, 2.75) is 18.6 Å². The fourth-order valence-electron chi connectivity index (χ4n) is 0.323. The highest BCUT2D eigenvalue weighted by atomic mass is 35.5. The Labute approximate surface area is 66.7 Å². The van der Waals surface area contributed by atoms with Gasteiger partial charge in [0.05, 0.1) is 0 Å². The quantitative estimate of drug-likeness (QED) is 0.455. The molecule has 0 radical (unpaired) electrons. The SMILES string of the molecule is C=CCSC(C)(C)CCl. The molecule has 0 aromatic rings. The van der Waals surface area contributed by atoms with Gasteiger partial charge < -0.3 is 0 Å². The Bertz CT molecular complexity index is 88.9. The lowest BCUT2D eigenvalue weighted by Gasteiger charge is -2.18. The molecule has 54 valence electrons. The summed E-state index contributed by atoms with van der Waals surface area (Å²) in [5.74, 6) is 1.69. The van der Waals surface area contributed by atoms with Crippen LogP contribution in [-0.2, 0) is 0 Å². The summed E-state index contributed by atoms with van der Waals surface area (Å²) >= 11 is 7.50. The zero-order chi connectivity index (χ0) is 7.33. The second-order valence-electron chi connectivity index (χ2n) is 2.49. The van der Waals surface area contributed by atoms with Gasteiger partial charge in [0.15, 0.2) is 0 Å². The standard InChI is InChI=1S/C7H13ClS/c1-4-5-9-7(2,3)6-8/h4H,1,5-6H2,2-3H3. The Morgan fingerprint density at radius 3 is 2.56 bits per heavy atom. The number of thioether (sulfide) groups is 1. The number of hydrogen-bond donors (Lipinski definition) is 0. The summed E-state index contributed by atoms with van der Waals surface area (Å²) in [4.78, 5) is 0. The van der Waals surface area contributed by atoms with Crippen LogP contribution in [0.4, 0.5) is 0 Å². The normalized spacial score (nSPS) is 11.4. The van der Waals surface area contributed by atoms with Gasteiger partial charge in [0.1, 0.15) is 0 Å². The van der Waals surface area contributed by atoms with Crippen molar-refractivity contribution in [3.63, 3.8) is 0 Å². The van der Waals surface area contributed by atoms with Gasteiger partial charge >= 0.3 is 0 Å². The summed E-state index contributed by atoms with van der Waals surface area (Å²) in [5.41, 5.74) is 0. The zero-order valence-corrected chi connectivity index (χ0v) is 7.56. The molecular weight excluding hydrogens is 152 g/mol. The predicted molar refractivity (Wildman–Crippen MR) is 47.5 cm³/mol. The molecular formula is C7H13ClS. The Balaban J connectivity index is 3.44. The highest BCUT2D eigenvalue weighted by molar-refractivity contribution is 8.00. The van der Waals surface area contributed by atoms with E-state index in [1.807, 2.05) is 17.8 Å². The molecule has 2 heteroatoms. The van der Waals surface area contributed by atoms with Crippen LogP contribution in [0.15, 0.2) is 12.7 Å². The topological polar surface area (TPSA) is 0 Å². The van der Waals surface area contributed by atoms with Crippen LogP contribution in [0.5, 0.6) is 0 Å². The fraction of sp³-hybridized carbons (Fsp3) is 0.714. The second-order valence-corrected chi connectivity index (χ2v) is 4.49. The molecule has 0 unspecified atom stereocenters. The van der Waals surface area contributed by atoms with Crippen LogP contribution in [0.2, 0.25) is 0 Å². The van der Waals surface area contributed by atoms with Crippen molar-refractivity contribution in [1.82, 2.24) is 0 Å². The largest absolute Gasteiger partial charge is 0.150 e. The maximum atomic E-state index is 5.67. The molecule has 0 saturated heterocycles. The second kappa shape index (κ2) is 4.24. The number of halogens is 1. The van der Waals surface area contributed by atoms with Gasteiger partial charge in [-0.2, -0.15) is 11.8 Å². The van der Waals surface area contributed by atoms with Crippen molar-refractivity contribution in [3.05, 3.63) is 12.7 Å². The molecule has 0 amide bonds. The molecule has 0 N–H and O–H groups in total. The molecule has 0 rings (SSSR count). The van der Waals surface area contributed by atoms with Gasteiger partial charge in [-0.05, 0) is 13.8 Å². The summed E-state index contributed by atoms with van der Waals surface area (Å²) in [6, 6.07) is 0. The van der Waals surface area contributed by atoms with Crippen molar-refractivity contribution >= 4 is 23.4 Å². The molecule has 0 bridgehead atoms. The van der Waals surface area contributed by atoms with E-state index in [1.165, 1.54) is 0 Å². The van der Waals surface area contributed by atoms with E-state index in [4.69, 9.17) is 11.6 Å². The van der Waals surface area contributed by atoms with E-state index >= 15 is 0 Å². The first kappa shape index (κ1) is 9.38. The molecule has 0 aliphatic carbocycles. The monoisotopic (exact) mass is 164 g/mol. The van der Waals surface area contributed by atoms with Crippen LogP contribution in [0.3, 0.4) is 0 Å². The minimum atomic E-state index is 0.204.